The molecule has 1 aliphatic rings. The van der Waals surface area contributed by atoms with E-state index in [0.29, 0.717) is 12.5 Å². The highest BCUT2D eigenvalue weighted by atomic mass is 16.3. The number of rotatable bonds is 3. The van der Waals surface area contributed by atoms with E-state index in [2.05, 4.69) is 17.2 Å². The quantitative estimate of drug-likeness (QED) is 0.757. The van der Waals surface area contributed by atoms with Crippen LogP contribution >= 0.6 is 0 Å². The summed E-state index contributed by atoms with van der Waals surface area (Å²) in [5, 5.41) is 12.2. The SMILES string of the molecule is O=C(C#Cc1ccccc1)NCC(O)C1CC1. The first-order valence-corrected chi connectivity index (χ1v) is 5.78. The van der Waals surface area contributed by atoms with Gasteiger partial charge in [0.25, 0.3) is 5.91 Å². The largest absolute Gasteiger partial charge is 0.391 e. The number of nitrogens with one attached hydrogen (secondary N) is 1. The number of aliphatic hydroxyl groups is 1. The lowest BCUT2D eigenvalue weighted by Crippen LogP contribution is -2.32. The summed E-state index contributed by atoms with van der Waals surface area (Å²) in [6.07, 6.45) is 1.71. The second-order valence-electron chi connectivity index (χ2n) is 4.23. The third-order valence-corrected chi connectivity index (χ3v) is 2.73. The Morgan fingerprint density at radius 3 is 2.76 bits per heavy atom. The maximum absolute atomic E-state index is 11.4. The number of aliphatic hydroxyl groups excluding tert-OH is 1. The number of hydrogen-bond donors (Lipinski definition) is 2. The Labute approximate surface area is 101 Å². The second kappa shape index (κ2) is 5.51. The van der Waals surface area contributed by atoms with E-state index in [1.54, 1.807) is 0 Å². The van der Waals surface area contributed by atoms with Crippen LogP contribution in [0.2, 0.25) is 0 Å². The first-order chi connectivity index (χ1) is 8.25. The van der Waals surface area contributed by atoms with Gasteiger partial charge in [0, 0.05) is 18.0 Å². The van der Waals surface area contributed by atoms with Crippen LogP contribution in [-0.2, 0) is 4.79 Å². The average Bonchev–Trinajstić information content (AvgIpc) is 3.19. The molecule has 0 aromatic heterocycles. The lowest BCUT2D eigenvalue weighted by molar-refractivity contribution is -0.116. The van der Waals surface area contributed by atoms with Gasteiger partial charge in [0.05, 0.1) is 6.10 Å². The van der Waals surface area contributed by atoms with E-state index in [4.69, 9.17) is 0 Å². The zero-order valence-electron chi connectivity index (χ0n) is 9.52. The van der Waals surface area contributed by atoms with Crippen LogP contribution in [0.5, 0.6) is 0 Å². The normalized spacial score (nSPS) is 15.6. The Morgan fingerprint density at radius 2 is 2.12 bits per heavy atom. The summed E-state index contributed by atoms with van der Waals surface area (Å²) in [5.41, 5.74) is 0.811. The van der Waals surface area contributed by atoms with Gasteiger partial charge < -0.3 is 10.4 Å². The van der Waals surface area contributed by atoms with Gasteiger partial charge >= 0.3 is 0 Å². The van der Waals surface area contributed by atoms with Crippen molar-refractivity contribution in [3.63, 3.8) is 0 Å². The lowest BCUT2D eigenvalue weighted by Gasteiger charge is -2.07. The molecule has 2 N–H and O–H groups in total. The molecule has 0 saturated heterocycles. The Balaban J connectivity index is 1.79. The van der Waals surface area contributed by atoms with Gasteiger partial charge in [0.1, 0.15) is 0 Å². The molecule has 0 radical (unpaired) electrons. The first-order valence-electron chi connectivity index (χ1n) is 5.78. The molecule has 0 heterocycles. The van der Waals surface area contributed by atoms with Gasteiger partial charge in [0.2, 0.25) is 0 Å². The molecule has 1 aromatic rings. The molecule has 0 bridgehead atoms. The monoisotopic (exact) mass is 229 g/mol. The number of amides is 1. The van der Waals surface area contributed by atoms with Crippen molar-refractivity contribution in [3.05, 3.63) is 35.9 Å². The Morgan fingerprint density at radius 1 is 1.41 bits per heavy atom. The second-order valence-corrected chi connectivity index (χ2v) is 4.23. The molecule has 1 unspecified atom stereocenters. The van der Waals surface area contributed by atoms with E-state index < -0.39 is 6.10 Å². The molecule has 3 nitrogen and oxygen atoms in total. The average molecular weight is 229 g/mol. The fourth-order valence-electron chi connectivity index (χ4n) is 1.54. The highest BCUT2D eigenvalue weighted by Gasteiger charge is 2.29. The van der Waals surface area contributed by atoms with E-state index in [1.807, 2.05) is 30.3 Å². The fourth-order valence-corrected chi connectivity index (χ4v) is 1.54. The van der Waals surface area contributed by atoms with Crippen molar-refractivity contribution < 1.29 is 9.90 Å². The summed E-state index contributed by atoms with van der Waals surface area (Å²) in [7, 11) is 0. The maximum atomic E-state index is 11.4. The summed E-state index contributed by atoms with van der Waals surface area (Å²) >= 11 is 0. The molecule has 1 saturated carbocycles. The van der Waals surface area contributed by atoms with Crippen LogP contribution in [0.1, 0.15) is 18.4 Å². The summed E-state index contributed by atoms with van der Waals surface area (Å²) in [6, 6.07) is 9.34. The van der Waals surface area contributed by atoms with Crippen LogP contribution in [0.15, 0.2) is 30.3 Å². The molecule has 17 heavy (non-hydrogen) atoms. The highest BCUT2D eigenvalue weighted by molar-refractivity contribution is 5.94. The minimum atomic E-state index is -0.419. The van der Waals surface area contributed by atoms with Crippen LogP contribution in [-0.4, -0.2) is 23.7 Å². The standard InChI is InChI=1S/C14H15NO2/c16-13(12-7-8-12)10-15-14(17)9-6-11-4-2-1-3-5-11/h1-5,12-13,16H,7-8,10H2,(H,15,17). The Bertz CT molecular complexity index is 440. The number of hydrogen-bond acceptors (Lipinski definition) is 2. The van der Waals surface area contributed by atoms with Crippen molar-refractivity contribution in [1.82, 2.24) is 5.32 Å². The van der Waals surface area contributed by atoms with Crippen LogP contribution in [0, 0.1) is 17.8 Å². The Kier molecular flexibility index (Phi) is 3.79. The molecule has 3 heteroatoms. The van der Waals surface area contributed by atoms with Crippen molar-refractivity contribution >= 4 is 5.91 Å². The zero-order valence-corrected chi connectivity index (χ0v) is 9.52. The minimum Gasteiger partial charge on any atom is -0.391 e. The molecule has 0 spiro atoms. The van der Waals surface area contributed by atoms with Crippen LogP contribution in [0.3, 0.4) is 0 Å². The van der Waals surface area contributed by atoms with E-state index in [0.717, 1.165) is 18.4 Å². The van der Waals surface area contributed by atoms with Gasteiger partial charge in [-0.05, 0) is 30.9 Å². The van der Waals surface area contributed by atoms with Gasteiger partial charge in [-0.25, -0.2) is 0 Å². The maximum Gasteiger partial charge on any atom is 0.296 e. The van der Waals surface area contributed by atoms with E-state index in [9.17, 15) is 9.90 Å². The molecule has 1 amide bonds. The summed E-state index contributed by atoms with van der Waals surface area (Å²) in [5.74, 6) is 5.31. The van der Waals surface area contributed by atoms with E-state index in [1.165, 1.54) is 0 Å². The number of carbonyl (C=O) groups excluding carboxylic acids is 1. The Hall–Kier alpha value is -1.79. The molecule has 1 aliphatic carbocycles. The minimum absolute atomic E-state index is 0.299. The topological polar surface area (TPSA) is 49.3 Å². The van der Waals surface area contributed by atoms with Gasteiger partial charge in [-0.3, -0.25) is 4.79 Å². The van der Waals surface area contributed by atoms with Crippen LogP contribution < -0.4 is 5.32 Å². The molecule has 1 aromatic carbocycles. The van der Waals surface area contributed by atoms with E-state index in [-0.39, 0.29) is 5.91 Å². The molecule has 1 fully saturated rings. The molecule has 0 aliphatic heterocycles. The third-order valence-electron chi connectivity index (χ3n) is 2.73. The van der Waals surface area contributed by atoms with E-state index >= 15 is 0 Å². The number of carbonyl (C=O) groups is 1. The molecular formula is C14H15NO2. The molecule has 1 atom stereocenters. The third kappa shape index (κ3) is 3.93. The van der Waals surface area contributed by atoms with Crippen molar-refractivity contribution in [3.8, 4) is 11.8 Å². The first kappa shape index (κ1) is 11.7. The van der Waals surface area contributed by atoms with Crippen molar-refractivity contribution in [2.45, 2.75) is 18.9 Å². The van der Waals surface area contributed by atoms with Crippen molar-refractivity contribution in [1.29, 1.82) is 0 Å². The van der Waals surface area contributed by atoms with Crippen molar-refractivity contribution in [2.75, 3.05) is 6.54 Å². The number of benzene rings is 1. The summed E-state index contributed by atoms with van der Waals surface area (Å²) in [4.78, 5) is 11.4. The summed E-state index contributed by atoms with van der Waals surface area (Å²) < 4.78 is 0. The van der Waals surface area contributed by atoms with Crippen molar-refractivity contribution in [2.24, 2.45) is 5.92 Å². The predicted octanol–water partition coefficient (Wildman–Crippen LogP) is 0.925. The van der Waals surface area contributed by atoms with Gasteiger partial charge in [-0.15, -0.1) is 0 Å². The van der Waals surface area contributed by atoms with Gasteiger partial charge in [0.15, 0.2) is 0 Å². The summed E-state index contributed by atoms with van der Waals surface area (Å²) in [6.45, 7) is 0.299. The molecule has 88 valence electrons. The van der Waals surface area contributed by atoms with Crippen LogP contribution in [0.4, 0.5) is 0 Å². The smallest absolute Gasteiger partial charge is 0.296 e. The zero-order chi connectivity index (χ0) is 12.1. The predicted molar refractivity (Wildman–Crippen MR) is 65.1 cm³/mol. The fraction of sp³-hybridized carbons (Fsp3) is 0.357. The highest BCUT2D eigenvalue weighted by Crippen LogP contribution is 2.32. The van der Waals surface area contributed by atoms with Gasteiger partial charge in [-0.1, -0.05) is 24.1 Å². The van der Waals surface area contributed by atoms with Crippen LogP contribution in [0.25, 0.3) is 0 Å². The van der Waals surface area contributed by atoms with Gasteiger partial charge in [-0.2, -0.15) is 0 Å². The molecule has 2 rings (SSSR count). The lowest BCUT2D eigenvalue weighted by atomic mass is 10.2. The molecular weight excluding hydrogens is 214 g/mol.